The minimum absolute atomic E-state index is 0.0677. The van der Waals surface area contributed by atoms with E-state index in [1.54, 1.807) is 0 Å². The fourth-order valence-corrected chi connectivity index (χ4v) is 3.56. The zero-order chi connectivity index (χ0) is 18.2. The molecule has 0 radical (unpaired) electrons. The van der Waals surface area contributed by atoms with Gasteiger partial charge >= 0.3 is 0 Å². The highest BCUT2D eigenvalue weighted by molar-refractivity contribution is 5.64. The summed E-state index contributed by atoms with van der Waals surface area (Å²) in [5.74, 6) is 0. The van der Waals surface area contributed by atoms with Crippen LogP contribution in [0, 0.1) is 0 Å². The van der Waals surface area contributed by atoms with E-state index in [-0.39, 0.29) is 12.2 Å². The van der Waals surface area contributed by atoms with Gasteiger partial charge in [0.1, 0.15) is 6.10 Å². The fourth-order valence-electron chi connectivity index (χ4n) is 3.56. The molecule has 2 atom stereocenters. The summed E-state index contributed by atoms with van der Waals surface area (Å²) in [7, 11) is 0. The van der Waals surface area contributed by atoms with Gasteiger partial charge in [0.05, 0.1) is 19.3 Å². The van der Waals surface area contributed by atoms with E-state index in [0.29, 0.717) is 13.2 Å². The van der Waals surface area contributed by atoms with Gasteiger partial charge < -0.3 is 9.47 Å². The van der Waals surface area contributed by atoms with E-state index < -0.39 is 0 Å². The highest BCUT2D eigenvalue weighted by atomic mass is 16.6. The van der Waals surface area contributed by atoms with E-state index in [9.17, 15) is 0 Å². The van der Waals surface area contributed by atoms with Crippen molar-refractivity contribution in [2.75, 3.05) is 13.2 Å². The molecule has 140 valence electrons. The third-order valence-electron chi connectivity index (χ3n) is 5.22. The number of ether oxygens (including phenoxy) is 2. The predicted octanol–water partition coefficient (Wildman–Crippen LogP) is 6.34. The van der Waals surface area contributed by atoms with Crippen molar-refractivity contribution in [3.63, 3.8) is 0 Å². The Morgan fingerprint density at radius 3 is 2.04 bits per heavy atom. The van der Waals surface area contributed by atoms with Crippen LogP contribution < -0.4 is 0 Å². The zero-order valence-corrected chi connectivity index (χ0v) is 16.2. The Bertz CT molecular complexity index is 637. The molecule has 1 heterocycles. The number of hydrogen-bond acceptors (Lipinski definition) is 2. The molecule has 2 nitrogen and oxygen atoms in total. The Kier molecular flexibility index (Phi) is 7.28. The van der Waals surface area contributed by atoms with Gasteiger partial charge in [0, 0.05) is 0 Å². The molecular weight excluding hydrogens is 320 g/mol. The van der Waals surface area contributed by atoms with Crippen molar-refractivity contribution in [3.8, 4) is 11.1 Å². The average Bonchev–Trinajstić information content (AvgIpc) is 2.70. The topological polar surface area (TPSA) is 18.5 Å². The number of benzene rings is 2. The maximum absolute atomic E-state index is 6.01. The smallest absolute Gasteiger partial charge is 0.106 e. The second kappa shape index (κ2) is 9.89. The molecule has 2 aromatic carbocycles. The van der Waals surface area contributed by atoms with E-state index in [2.05, 4.69) is 62.4 Å². The summed E-state index contributed by atoms with van der Waals surface area (Å²) in [5.41, 5.74) is 5.18. The summed E-state index contributed by atoms with van der Waals surface area (Å²) < 4.78 is 11.9. The number of aryl methyl sites for hydroxylation is 1. The lowest BCUT2D eigenvalue weighted by Crippen LogP contribution is -2.30. The molecular formula is C24H32O2. The van der Waals surface area contributed by atoms with Crippen LogP contribution in [0.1, 0.15) is 63.2 Å². The lowest BCUT2D eigenvalue weighted by atomic mass is 9.99. The molecule has 1 aliphatic rings. The lowest BCUT2D eigenvalue weighted by molar-refractivity contribution is -0.137. The van der Waals surface area contributed by atoms with E-state index in [0.717, 1.165) is 12.8 Å². The summed E-state index contributed by atoms with van der Waals surface area (Å²) in [6, 6.07) is 17.8. The number of rotatable bonds is 8. The Morgan fingerprint density at radius 1 is 0.769 bits per heavy atom. The van der Waals surface area contributed by atoms with Crippen molar-refractivity contribution in [2.24, 2.45) is 0 Å². The maximum Gasteiger partial charge on any atom is 0.106 e. The minimum atomic E-state index is 0.0677. The first-order chi connectivity index (χ1) is 12.8. The van der Waals surface area contributed by atoms with Crippen molar-refractivity contribution < 1.29 is 9.47 Å². The second-order valence-electron chi connectivity index (χ2n) is 7.34. The van der Waals surface area contributed by atoms with Gasteiger partial charge in [-0.2, -0.15) is 0 Å². The Labute approximate surface area is 158 Å². The molecule has 1 aliphatic heterocycles. The molecule has 0 bridgehead atoms. The first kappa shape index (κ1) is 19.1. The molecule has 0 aromatic heterocycles. The molecule has 0 unspecified atom stereocenters. The Hall–Kier alpha value is -1.64. The van der Waals surface area contributed by atoms with Crippen molar-refractivity contribution in [3.05, 3.63) is 59.7 Å². The van der Waals surface area contributed by atoms with Crippen LogP contribution in [-0.2, 0) is 15.9 Å². The molecule has 1 saturated heterocycles. The molecule has 2 heteroatoms. The van der Waals surface area contributed by atoms with Crippen molar-refractivity contribution in [1.82, 2.24) is 0 Å². The molecule has 0 saturated carbocycles. The standard InChI is InChI=1S/C24H32O2/c1-3-5-6-8-19-9-11-20(12-10-19)21-13-15-22(16-14-21)24-18-25-23(7-4-2)17-26-24/h9-16,23-24H,3-8,17-18H2,1-2H3/t23-,24-/m1/s1. The predicted molar refractivity (Wildman–Crippen MR) is 108 cm³/mol. The van der Waals surface area contributed by atoms with Gasteiger partial charge in [0.15, 0.2) is 0 Å². The summed E-state index contributed by atoms with van der Waals surface area (Å²) in [5, 5.41) is 0. The Balaban J connectivity index is 1.57. The fraction of sp³-hybridized carbons (Fsp3) is 0.500. The highest BCUT2D eigenvalue weighted by Gasteiger charge is 2.22. The van der Waals surface area contributed by atoms with Crippen LogP contribution in [0.25, 0.3) is 11.1 Å². The van der Waals surface area contributed by atoms with Crippen LogP contribution in [0.15, 0.2) is 48.5 Å². The minimum Gasteiger partial charge on any atom is -0.373 e. The van der Waals surface area contributed by atoms with Gasteiger partial charge in [0.2, 0.25) is 0 Å². The van der Waals surface area contributed by atoms with Gasteiger partial charge in [-0.05, 0) is 41.5 Å². The molecule has 0 aliphatic carbocycles. The largest absolute Gasteiger partial charge is 0.373 e. The average molecular weight is 353 g/mol. The normalized spacial score (nSPS) is 20.2. The third kappa shape index (κ3) is 5.18. The van der Waals surface area contributed by atoms with Crippen LogP contribution in [0.5, 0.6) is 0 Å². The first-order valence-corrected chi connectivity index (χ1v) is 10.2. The monoisotopic (exact) mass is 352 g/mol. The van der Waals surface area contributed by atoms with Gasteiger partial charge in [-0.25, -0.2) is 0 Å². The van der Waals surface area contributed by atoms with E-state index in [1.165, 1.54) is 47.9 Å². The molecule has 2 aromatic rings. The van der Waals surface area contributed by atoms with Crippen LogP contribution in [-0.4, -0.2) is 19.3 Å². The number of unbranched alkanes of at least 4 members (excludes halogenated alkanes) is 2. The van der Waals surface area contributed by atoms with Gasteiger partial charge in [-0.15, -0.1) is 0 Å². The highest BCUT2D eigenvalue weighted by Crippen LogP contribution is 2.27. The van der Waals surface area contributed by atoms with Crippen LogP contribution >= 0.6 is 0 Å². The van der Waals surface area contributed by atoms with E-state index in [4.69, 9.17) is 9.47 Å². The molecule has 0 spiro atoms. The summed E-state index contributed by atoms with van der Waals surface area (Å²) >= 11 is 0. The van der Waals surface area contributed by atoms with Crippen LogP contribution in [0.4, 0.5) is 0 Å². The van der Waals surface area contributed by atoms with Gasteiger partial charge in [0.25, 0.3) is 0 Å². The van der Waals surface area contributed by atoms with E-state index in [1.807, 2.05) is 0 Å². The van der Waals surface area contributed by atoms with Crippen molar-refractivity contribution >= 4 is 0 Å². The summed E-state index contributed by atoms with van der Waals surface area (Å²) in [6.07, 6.45) is 7.63. The maximum atomic E-state index is 6.01. The van der Waals surface area contributed by atoms with E-state index >= 15 is 0 Å². The zero-order valence-electron chi connectivity index (χ0n) is 16.2. The SMILES string of the molecule is CCCCCc1ccc(-c2ccc([C@H]3CO[C@H](CCC)CO3)cc2)cc1. The quantitative estimate of drug-likeness (QED) is 0.516. The molecule has 0 N–H and O–H groups in total. The van der Waals surface area contributed by atoms with Crippen molar-refractivity contribution in [2.45, 2.75) is 64.6 Å². The van der Waals surface area contributed by atoms with Crippen LogP contribution in [0.3, 0.4) is 0 Å². The van der Waals surface area contributed by atoms with Crippen molar-refractivity contribution in [1.29, 1.82) is 0 Å². The molecule has 26 heavy (non-hydrogen) atoms. The molecule has 3 rings (SSSR count). The van der Waals surface area contributed by atoms with Gasteiger partial charge in [-0.3, -0.25) is 0 Å². The molecule has 1 fully saturated rings. The summed E-state index contributed by atoms with van der Waals surface area (Å²) in [6.45, 7) is 5.81. The molecule has 0 amide bonds. The number of hydrogen-bond donors (Lipinski definition) is 0. The van der Waals surface area contributed by atoms with Gasteiger partial charge in [-0.1, -0.05) is 81.6 Å². The Morgan fingerprint density at radius 2 is 1.46 bits per heavy atom. The van der Waals surface area contributed by atoms with Crippen LogP contribution in [0.2, 0.25) is 0 Å². The third-order valence-corrected chi connectivity index (χ3v) is 5.22. The lowest BCUT2D eigenvalue weighted by Gasteiger charge is -2.29. The summed E-state index contributed by atoms with van der Waals surface area (Å²) in [4.78, 5) is 0. The second-order valence-corrected chi connectivity index (χ2v) is 7.34. The first-order valence-electron chi connectivity index (χ1n) is 10.2.